The Hall–Kier alpha value is -3.09. The maximum atomic E-state index is 12.9. The molecule has 0 N–H and O–H groups in total. The van der Waals surface area contributed by atoms with E-state index in [1.807, 2.05) is 77.1 Å². The molecule has 0 saturated carbocycles. The normalized spacial score (nSPS) is 17.1. The van der Waals surface area contributed by atoms with Crippen LogP contribution in [0.5, 0.6) is 0 Å². The highest BCUT2D eigenvalue weighted by molar-refractivity contribution is 5.87. The van der Waals surface area contributed by atoms with Crippen LogP contribution in [0.4, 0.5) is 15.4 Å². The zero-order chi connectivity index (χ0) is 24.7. The molecule has 1 fully saturated rings. The maximum Gasteiger partial charge on any atom is 0.416 e. The number of pyridine rings is 1. The van der Waals surface area contributed by atoms with E-state index in [4.69, 9.17) is 9.47 Å². The molecule has 2 atom stereocenters. The Kier molecular flexibility index (Phi) is 8.53. The Balaban J connectivity index is 1.74. The minimum absolute atomic E-state index is 0.0626. The lowest BCUT2D eigenvalue weighted by molar-refractivity contribution is 0.0565. The van der Waals surface area contributed by atoms with Gasteiger partial charge in [0.1, 0.15) is 18.0 Å². The van der Waals surface area contributed by atoms with Crippen LogP contribution >= 0.6 is 0 Å². The highest BCUT2D eigenvalue weighted by Crippen LogP contribution is 2.32. The second-order valence-electron chi connectivity index (χ2n) is 9.80. The molecule has 34 heavy (non-hydrogen) atoms. The van der Waals surface area contributed by atoms with Crippen molar-refractivity contribution in [3.63, 3.8) is 0 Å². The first-order valence-corrected chi connectivity index (χ1v) is 12.1. The number of carbonyl (C=O) groups excluding carboxylic acids is 2. The Morgan fingerprint density at radius 1 is 1.15 bits per heavy atom. The molecule has 0 unspecified atom stereocenters. The van der Waals surface area contributed by atoms with Crippen molar-refractivity contribution in [2.24, 2.45) is 0 Å². The second-order valence-corrected chi connectivity index (χ2v) is 9.80. The van der Waals surface area contributed by atoms with Crippen molar-refractivity contribution in [3.8, 4) is 0 Å². The molecule has 0 radical (unpaired) electrons. The summed E-state index contributed by atoms with van der Waals surface area (Å²) in [6, 6.07) is 13.3. The Morgan fingerprint density at radius 2 is 1.88 bits per heavy atom. The summed E-state index contributed by atoms with van der Waals surface area (Å²) in [6.45, 7) is 10.5. The van der Waals surface area contributed by atoms with Crippen molar-refractivity contribution in [2.75, 3.05) is 11.4 Å². The van der Waals surface area contributed by atoms with Crippen LogP contribution in [0.2, 0.25) is 0 Å². The van der Waals surface area contributed by atoms with Crippen molar-refractivity contribution in [1.82, 2.24) is 9.88 Å². The number of likely N-dealkylation sites (tertiary alicyclic amines) is 1. The zero-order valence-corrected chi connectivity index (χ0v) is 21.0. The fraction of sp³-hybridized carbons (Fsp3) is 0.519. The molecule has 0 aliphatic carbocycles. The van der Waals surface area contributed by atoms with Gasteiger partial charge in [0.25, 0.3) is 0 Å². The van der Waals surface area contributed by atoms with E-state index < -0.39 is 11.7 Å². The van der Waals surface area contributed by atoms with Gasteiger partial charge in [-0.1, -0.05) is 43.3 Å². The number of amides is 2. The van der Waals surface area contributed by atoms with Crippen LogP contribution < -0.4 is 4.90 Å². The number of nitrogens with zero attached hydrogens (tertiary/aromatic N) is 3. The quantitative estimate of drug-likeness (QED) is 0.486. The van der Waals surface area contributed by atoms with Crippen molar-refractivity contribution >= 4 is 18.0 Å². The summed E-state index contributed by atoms with van der Waals surface area (Å²) in [5, 5.41) is 0. The average Bonchev–Trinajstić information content (AvgIpc) is 2.82. The molecule has 1 aromatic carbocycles. The number of rotatable bonds is 6. The standard InChI is InChI=1S/C27H37N3O4/c1-6-20(2)30(26(32)34-27(3,4)5)24-16-15-22(18-28-24)23-14-10-11-17-29(23)25(31)33-19-21-12-8-7-9-13-21/h7-9,12-13,15-16,18,20,23H,6,10-11,14,17,19H2,1-5H3/t20-,23-/m1/s1. The third kappa shape index (κ3) is 6.72. The highest BCUT2D eigenvalue weighted by Gasteiger charge is 2.31. The van der Waals surface area contributed by atoms with Crippen LogP contribution in [0.15, 0.2) is 48.7 Å². The third-order valence-corrected chi connectivity index (χ3v) is 5.97. The molecule has 1 saturated heterocycles. The predicted octanol–water partition coefficient (Wildman–Crippen LogP) is 6.49. The smallest absolute Gasteiger partial charge is 0.416 e. The fourth-order valence-corrected chi connectivity index (χ4v) is 4.03. The van der Waals surface area contributed by atoms with Crippen LogP contribution in [0.1, 0.15) is 77.5 Å². The van der Waals surface area contributed by atoms with Gasteiger partial charge in [0, 0.05) is 18.8 Å². The second kappa shape index (κ2) is 11.4. The van der Waals surface area contributed by atoms with Crippen LogP contribution in [-0.2, 0) is 16.1 Å². The number of ether oxygens (including phenoxy) is 2. The number of hydrogen-bond acceptors (Lipinski definition) is 5. The highest BCUT2D eigenvalue weighted by atomic mass is 16.6. The number of piperidine rings is 1. The molecule has 1 aliphatic heterocycles. The molecule has 2 heterocycles. The lowest BCUT2D eigenvalue weighted by atomic mass is 9.97. The van der Waals surface area contributed by atoms with Crippen molar-refractivity contribution in [3.05, 3.63) is 59.8 Å². The summed E-state index contributed by atoms with van der Waals surface area (Å²) in [7, 11) is 0. The van der Waals surface area contributed by atoms with E-state index in [0.717, 1.165) is 36.8 Å². The van der Waals surface area contributed by atoms with Crippen LogP contribution in [0.3, 0.4) is 0 Å². The van der Waals surface area contributed by atoms with E-state index >= 15 is 0 Å². The van der Waals surface area contributed by atoms with E-state index in [-0.39, 0.29) is 24.8 Å². The van der Waals surface area contributed by atoms with Gasteiger partial charge in [0.15, 0.2) is 0 Å². The lowest BCUT2D eigenvalue weighted by Crippen LogP contribution is -2.42. The Morgan fingerprint density at radius 3 is 2.50 bits per heavy atom. The molecule has 2 amide bonds. The molecule has 0 spiro atoms. The van der Waals surface area contributed by atoms with Crippen molar-refractivity contribution in [1.29, 1.82) is 0 Å². The molecular formula is C27H37N3O4. The predicted molar refractivity (Wildman–Crippen MR) is 133 cm³/mol. The SMILES string of the molecule is CC[C@@H](C)N(C(=O)OC(C)(C)C)c1ccc([C@H]2CCCCN2C(=O)OCc2ccccc2)cn1. The first kappa shape index (κ1) is 25.5. The molecular weight excluding hydrogens is 430 g/mol. The molecule has 184 valence electrons. The van der Waals surface area contributed by atoms with Gasteiger partial charge in [-0.15, -0.1) is 0 Å². The number of anilines is 1. The van der Waals surface area contributed by atoms with Crippen molar-refractivity contribution in [2.45, 2.75) is 84.6 Å². The maximum absolute atomic E-state index is 12.9. The first-order valence-electron chi connectivity index (χ1n) is 12.1. The number of benzene rings is 1. The van der Waals surface area contributed by atoms with Gasteiger partial charge in [-0.25, -0.2) is 14.6 Å². The van der Waals surface area contributed by atoms with Gasteiger partial charge in [-0.05, 0) is 70.6 Å². The average molecular weight is 468 g/mol. The van der Waals surface area contributed by atoms with E-state index in [2.05, 4.69) is 4.98 Å². The van der Waals surface area contributed by atoms with Crippen LogP contribution in [-0.4, -0.2) is 40.3 Å². The van der Waals surface area contributed by atoms with Gasteiger partial charge in [-0.2, -0.15) is 0 Å². The molecule has 7 nitrogen and oxygen atoms in total. The number of hydrogen-bond donors (Lipinski definition) is 0. The van der Waals surface area contributed by atoms with Crippen molar-refractivity contribution < 1.29 is 19.1 Å². The topological polar surface area (TPSA) is 72.0 Å². The fourth-order valence-electron chi connectivity index (χ4n) is 4.03. The minimum atomic E-state index is -0.592. The lowest BCUT2D eigenvalue weighted by Gasteiger charge is -2.35. The third-order valence-electron chi connectivity index (χ3n) is 5.97. The summed E-state index contributed by atoms with van der Waals surface area (Å²) in [5.74, 6) is 0.543. The summed E-state index contributed by atoms with van der Waals surface area (Å²) in [5.41, 5.74) is 1.31. The van der Waals surface area contributed by atoms with E-state index in [1.54, 1.807) is 16.0 Å². The summed E-state index contributed by atoms with van der Waals surface area (Å²) < 4.78 is 11.2. The summed E-state index contributed by atoms with van der Waals surface area (Å²) in [6.07, 6.45) is 4.64. The molecule has 1 aliphatic rings. The summed E-state index contributed by atoms with van der Waals surface area (Å²) in [4.78, 5) is 33.8. The largest absolute Gasteiger partial charge is 0.445 e. The molecule has 3 rings (SSSR count). The van der Waals surface area contributed by atoms with Gasteiger partial charge in [0.2, 0.25) is 0 Å². The Labute approximate surface area is 203 Å². The minimum Gasteiger partial charge on any atom is -0.445 e. The van der Waals surface area contributed by atoms with Gasteiger partial charge < -0.3 is 14.4 Å². The van der Waals surface area contributed by atoms with Crippen LogP contribution in [0, 0.1) is 0 Å². The summed E-state index contributed by atoms with van der Waals surface area (Å²) >= 11 is 0. The number of aromatic nitrogens is 1. The molecule has 1 aromatic heterocycles. The molecule has 7 heteroatoms. The molecule has 2 aromatic rings. The molecule has 0 bridgehead atoms. The number of carbonyl (C=O) groups is 2. The van der Waals surface area contributed by atoms with Crippen LogP contribution in [0.25, 0.3) is 0 Å². The Bertz CT molecular complexity index is 941. The monoisotopic (exact) mass is 467 g/mol. The first-order chi connectivity index (χ1) is 16.2. The van der Waals surface area contributed by atoms with Gasteiger partial charge >= 0.3 is 12.2 Å². The van der Waals surface area contributed by atoms with E-state index in [9.17, 15) is 9.59 Å². The zero-order valence-electron chi connectivity index (χ0n) is 21.0. The van der Waals surface area contributed by atoms with Gasteiger partial charge in [-0.3, -0.25) is 4.90 Å². The van der Waals surface area contributed by atoms with Gasteiger partial charge in [0.05, 0.1) is 6.04 Å². The van der Waals surface area contributed by atoms with E-state index in [0.29, 0.717) is 12.4 Å². The van der Waals surface area contributed by atoms with E-state index in [1.165, 1.54) is 0 Å².